The van der Waals surface area contributed by atoms with Crippen LogP contribution in [0, 0.1) is 0 Å². The van der Waals surface area contributed by atoms with Gasteiger partial charge in [-0.1, -0.05) is 0 Å². The molecule has 0 aliphatic rings. The average Bonchev–Trinajstić information content (AvgIpc) is 2.13. The van der Waals surface area contributed by atoms with Crippen LogP contribution in [0.4, 0.5) is 0 Å². The van der Waals surface area contributed by atoms with Crippen LogP contribution in [0.15, 0.2) is 0 Å². The first-order valence-corrected chi connectivity index (χ1v) is 5.21. The summed E-state index contributed by atoms with van der Waals surface area (Å²) in [5.41, 5.74) is 5.08. The van der Waals surface area contributed by atoms with E-state index in [1.165, 1.54) is 4.90 Å². The Bertz CT molecular complexity index is 222. The number of hydrogen-bond acceptors (Lipinski definition) is 3. The van der Waals surface area contributed by atoms with Crippen molar-refractivity contribution in [3.63, 3.8) is 0 Å². The Morgan fingerprint density at radius 2 is 1.94 bits per heavy atom. The molecule has 0 spiro atoms. The molecule has 3 N–H and O–H groups in total. The van der Waals surface area contributed by atoms with E-state index in [0.717, 1.165) is 13.0 Å². The monoisotopic (exact) mass is 251 g/mol. The Hall–Kier alpha value is -0.810. The third-order valence-corrected chi connectivity index (χ3v) is 2.09. The molecule has 0 saturated carbocycles. The topological polar surface area (TPSA) is 75.4 Å². The quantitative estimate of drug-likeness (QED) is 0.632. The molecule has 0 saturated heterocycles. The van der Waals surface area contributed by atoms with Gasteiger partial charge in [-0.05, 0) is 33.9 Å². The van der Waals surface area contributed by atoms with Gasteiger partial charge in [0.05, 0.1) is 6.54 Å². The number of amides is 2. The summed E-state index contributed by atoms with van der Waals surface area (Å²) in [5, 5.41) is 2.97. The molecule has 16 heavy (non-hydrogen) atoms. The van der Waals surface area contributed by atoms with Crippen LogP contribution in [0.1, 0.15) is 26.7 Å². The molecule has 6 heteroatoms. The number of nitrogens with two attached hydrogens (primary N) is 1. The minimum absolute atomic E-state index is 0. The lowest BCUT2D eigenvalue weighted by Crippen LogP contribution is -2.42. The Balaban J connectivity index is 0. The first-order chi connectivity index (χ1) is 6.99. The van der Waals surface area contributed by atoms with E-state index in [1.807, 2.05) is 20.9 Å². The van der Waals surface area contributed by atoms with Gasteiger partial charge in [-0.3, -0.25) is 9.59 Å². The van der Waals surface area contributed by atoms with Gasteiger partial charge >= 0.3 is 0 Å². The van der Waals surface area contributed by atoms with Gasteiger partial charge in [0, 0.05) is 12.5 Å². The van der Waals surface area contributed by atoms with Gasteiger partial charge in [0.2, 0.25) is 11.8 Å². The molecular weight excluding hydrogens is 230 g/mol. The highest BCUT2D eigenvalue weighted by Crippen LogP contribution is 2.02. The van der Waals surface area contributed by atoms with Gasteiger partial charge in [0.15, 0.2) is 0 Å². The van der Waals surface area contributed by atoms with Gasteiger partial charge in [0.25, 0.3) is 0 Å². The molecule has 5 nitrogen and oxygen atoms in total. The third-order valence-electron chi connectivity index (χ3n) is 2.09. The van der Waals surface area contributed by atoms with Gasteiger partial charge in [-0.15, -0.1) is 12.4 Å². The van der Waals surface area contributed by atoms with Crippen LogP contribution < -0.4 is 11.1 Å². The number of carbonyl (C=O) groups excluding carboxylic acids is 2. The van der Waals surface area contributed by atoms with Crippen LogP contribution in [-0.4, -0.2) is 42.9 Å². The van der Waals surface area contributed by atoms with Gasteiger partial charge in [-0.25, -0.2) is 0 Å². The highest BCUT2D eigenvalue weighted by Gasteiger charge is 2.17. The third kappa shape index (κ3) is 7.48. The molecule has 96 valence electrons. The van der Waals surface area contributed by atoms with E-state index < -0.39 is 5.91 Å². The largest absolute Gasteiger partial charge is 0.368 e. The van der Waals surface area contributed by atoms with Crippen molar-refractivity contribution in [3.8, 4) is 0 Å². The zero-order chi connectivity index (χ0) is 11.8. The number of hydrogen-bond donors (Lipinski definition) is 2. The molecule has 0 rings (SSSR count). The molecule has 0 unspecified atom stereocenters. The number of nitrogens with zero attached hydrogens (tertiary/aromatic N) is 1. The number of carbonyl (C=O) groups is 2. The Morgan fingerprint density at radius 1 is 1.38 bits per heavy atom. The molecule has 0 aromatic heterocycles. The van der Waals surface area contributed by atoms with E-state index in [0.29, 0.717) is 6.42 Å². The highest BCUT2D eigenvalue weighted by molar-refractivity contribution is 5.85. The van der Waals surface area contributed by atoms with E-state index in [-0.39, 0.29) is 30.9 Å². The Kier molecular flexibility index (Phi) is 10.3. The number of nitrogens with one attached hydrogen (secondary N) is 1. The summed E-state index contributed by atoms with van der Waals surface area (Å²) in [6.07, 6.45) is 1.23. The van der Waals surface area contributed by atoms with Crippen LogP contribution in [0.3, 0.4) is 0 Å². The molecule has 0 fully saturated rings. The van der Waals surface area contributed by atoms with Crippen molar-refractivity contribution < 1.29 is 9.59 Å². The summed E-state index contributed by atoms with van der Waals surface area (Å²) in [6, 6.07) is 0.0135. The van der Waals surface area contributed by atoms with Crippen LogP contribution in [0.2, 0.25) is 0 Å². The van der Waals surface area contributed by atoms with Crippen molar-refractivity contribution in [1.29, 1.82) is 0 Å². The van der Waals surface area contributed by atoms with Crippen molar-refractivity contribution in [2.24, 2.45) is 5.73 Å². The second-order valence-corrected chi connectivity index (χ2v) is 3.79. The maximum atomic E-state index is 11.7. The SMILES string of the molecule is CNCCCC(=O)N(CC(N)=O)C(C)C.Cl. The fourth-order valence-corrected chi connectivity index (χ4v) is 1.29. The summed E-state index contributed by atoms with van der Waals surface area (Å²) in [6.45, 7) is 4.56. The van der Waals surface area contributed by atoms with E-state index >= 15 is 0 Å². The molecular formula is C10H22ClN3O2. The van der Waals surface area contributed by atoms with E-state index in [4.69, 9.17) is 5.73 Å². The first kappa shape index (κ1) is 17.6. The fraction of sp³-hybridized carbons (Fsp3) is 0.800. The zero-order valence-electron chi connectivity index (χ0n) is 10.2. The summed E-state index contributed by atoms with van der Waals surface area (Å²) >= 11 is 0. The predicted molar refractivity (Wildman–Crippen MR) is 66.5 cm³/mol. The smallest absolute Gasteiger partial charge is 0.237 e. The fourth-order valence-electron chi connectivity index (χ4n) is 1.29. The van der Waals surface area contributed by atoms with Crippen LogP contribution >= 0.6 is 12.4 Å². The summed E-state index contributed by atoms with van der Waals surface area (Å²) in [4.78, 5) is 24.0. The molecule has 0 atom stereocenters. The highest BCUT2D eigenvalue weighted by atomic mass is 35.5. The zero-order valence-corrected chi connectivity index (χ0v) is 11.0. The summed E-state index contributed by atoms with van der Waals surface area (Å²) in [7, 11) is 1.84. The van der Waals surface area contributed by atoms with Crippen molar-refractivity contribution >= 4 is 24.2 Å². The molecule has 2 amide bonds. The predicted octanol–water partition coefficient (Wildman–Crippen LogP) is 0.130. The van der Waals surface area contributed by atoms with Crippen molar-refractivity contribution in [3.05, 3.63) is 0 Å². The maximum absolute atomic E-state index is 11.7. The van der Waals surface area contributed by atoms with Crippen molar-refractivity contribution in [1.82, 2.24) is 10.2 Å². The molecule has 0 bridgehead atoms. The second-order valence-electron chi connectivity index (χ2n) is 3.79. The van der Waals surface area contributed by atoms with Gasteiger partial charge in [-0.2, -0.15) is 0 Å². The molecule has 0 aliphatic heterocycles. The Labute approximate surface area is 103 Å². The average molecular weight is 252 g/mol. The molecule has 0 aliphatic carbocycles. The first-order valence-electron chi connectivity index (χ1n) is 5.21. The maximum Gasteiger partial charge on any atom is 0.237 e. The molecule has 0 heterocycles. The normalized spacial score (nSPS) is 9.75. The van der Waals surface area contributed by atoms with Crippen LogP contribution in [-0.2, 0) is 9.59 Å². The molecule has 0 aromatic rings. The standard InChI is InChI=1S/C10H21N3O2.ClH/c1-8(2)13(7-9(11)14)10(15)5-4-6-12-3;/h8,12H,4-7H2,1-3H3,(H2,11,14);1H. The van der Waals surface area contributed by atoms with Crippen LogP contribution in [0.25, 0.3) is 0 Å². The van der Waals surface area contributed by atoms with Gasteiger partial charge in [0.1, 0.15) is 0 Å². The molecule has 0 radical (unpaired) electrons. The number of halogens is 1. The lowest BCUT2D eigenvalue weighted by molar-refractivity contribution is -0.136. The van der Waals surface area contributed by atoms with Crippen molar-refractivity contribution in [2.75, 3.05) is 20.1 Å². The minimum atomic E-state index is -0.467. The number of rotatable bonds is 7. The number of primary amides is 1. The van der Waals surface area contributed by atoms with E-state index in [9.17, 15) is 9.59 Å². The van der Waals surface area contributed by atoms with Crippen LogP contribution in [0.5, 0.6) is 0 Å². The van der Waals surface area contributed by atoms with E-state index in [2.05, 4.69) is 5.32 Å². The summed E-state index contributed by atoms with van der Waals surface area (Å²) < 4.78 is 0. The molecule has 0 aromatic carbocycles. The summed E-state index contributed by atoms with van der Waals surface area (Å²) in [5.74, 6) is -0.482. The van der Waals surface area contributed by atoms with Gasteiger partial charge < -0.3 is 16.0 Å². The lowest BCUT2D eigenvalue weighted by atomic mass is 10.2. The van der Waals surface area contributed by atoms with E-state index in [1.54, 1.807) is 0 Å². The second kappa shape index (κ2) is 9.42. The Morgan fingerprint density at radius 3 is 2.31 bits per heavy atom. The van der Waals surface area contributed by atoms with Crippen molar-refractivity contribution in [2.45, 2.75) is 32.7 Å². The minimum Gasteiger partial charge on any atom is -0.368 e. The lowest BCUT2D eigenvalue weighted by Gasteiger charge is -2.25.